The molecular formula is C15H24Cl2N2-2. The number of nitrogens with one attached hydrogen (secondary N) is 1. The third-order valence-electron chi connectivity index (χ3n) is 3.86. The summed E-state index contributed by atoms with van der Waals surface area (Å²) in [5, 5.41) is 3.61. The summed E-state index contributed by atoms with van der Waals surface area (Å²) in [5.41, 5.74) is 2.81. The first-order valence-electron chi connectivity index (χ1n) is 6.80. The molecule has 1 heterocycles. The Morgan fingerprint density at radius 2 is 2.00 bits per heavy atom. The molecule has 1 aromatic carbocycles. The molecule has 0 amide bonds. The maximum atomic E-state index is 3.61. The summed E-state index contributed by atoms with van der Waals surface area (Å²) >= 11 is 0. The van der Waals surface area contributed by atoms with Gasteiger partial charge >= 0.3 is 0 Å². The van der Waals surface area contributed by atoms with Crippen LogP contribution >= 0.6 is 0 Å². The van der Waals surface area contributed by atoms with Crippen LogP contribution in [0.25, 0.3) is 0 Å². The minimum Gasteiger partial charge on any atom is -1.00 e. The van der Waals surface area contributed by atoms with Gasteiger partial charge in [-0.2, -0.15) is 0 Å². The lowest BCUT2D eigenvalue weighted by molar-refractivity contribution is -0.001000. The topological polar surface area (TPSA) is 15.3 Å². The fourth-order valence-electron chi connectivity index (χ4n) is 2.72. The molecule has 0 bridgehead atoms. The molecule has 0 saturated carbocycles. The van der Waals surface area contributed by atoms with E-state index in [2.05, 4.69) is 48.3 Å². The summed E-state index contributed by atoms with van der Waals surface area (Å²) in [4.78, 5) is 2.59. The smallest absolute Gasteiger partial charge is 0.0221 e. The van der Waals surface area contributed by atoms with Gasteiger partial charge in [0.05, 0.1) is 0 Å². The molecule has 1 unspecified atom stereocenters. The zero-order valence-corrected chi connectivity index (χ0v) is 13.3. The largest absolute Gasteiger partial charge is 1.00 e. The zero-order valence-electron chi connectivity index (χ0n) is 11.8. The summed E-state index contributed by atoms with van der Waals surface area (Å²) in [6.45, 7) is 9.05. The van der Waals surface area contributed by atoms with Crippen LogP contribution in [0.3, 0.4) is 0 Å². The van der Waals surface area contributed by atoms with E-state index in [1.54, 1.807) is 0 Å². The SMILES string of the molecule is CCN1CCCC1CNCc1ccccc1C.[Cl-].[Cl-]. The molecule has 2 rings (SSSR count). The van der Waals surface area contributed by atoms with E-state index < -0.39 is 0 Å². The monoisotopic (exact) mass is 302 g/mol. The van der Waals surface area contributed by atoms with Crippen molar-refractivity contribution in [1.29, 1.82) is 0 Å². The number of rotatable bonds is 5. The lowest BCUT2D eigenvalue weighted by atomic mass is 10.1. The summed E-state index contributed by atoms with van der Waals surface area (Å²) < 4.78 is 0. The highest BCUT2D eigenvalue weighted by atomic mass is 35.5. The van der Waals surface area contributed by atoms with Crippen LogP contribution in [0.2, 0.25) is 0 Å². The second-order valence-electron chi connectivity index (χ2n) is 4.98. The molecule has 2 nitrogen and oxygen atoms in total. The van der Waals surface area contributed by atoms with Gasteiger partial charge in [0.25, 0.3) is 0 Å². The lowest BCUT2D eigenvalue weighted by Gasteiger charge is -2.23. The Kier molecular flexibility index (Phi) is 9.46. The summed E-state index contributed by atoms with van der Waals surface area (Å²) in [5.74, 6) is 0. The van der Waals surface area contributed by atoms with Gasteiger partial charge in [-0.15, -0.1) is 0 Å². The van der Waals surface area contributed by atoms with Gasteiger partial charge in [0.15, 0.2) is 0 Å². The highest BCUT2D eigenvalue weighted by Gasteiger charge is 2.21. The number of hydrogen-bond donors (Lipinski definition) is 1. The molecule has 1 aromatic rings. The van der Waals surface area contributed by atoms with Crippen molar-refractivity contribution in [3.63, 3.8) is 0 Å². The van der Waals surface area contributed by atoms with Crippen LogP contribution in [-0.2, 0) is 6.54 Å². The fraction of sp³-hybridized carbons (Fsp3) is 0.600. The van der Waals surface area contributed by atoms with E-state index >= 15 is 0 Å². The number of hydrogen-bond acceptors (Lipinski definition) is 2. The van der Waals surface area contributed by atoms with Crippen molar-refractivity contribution in [3.8, 4) is 0 Å². The lowest BCUT2D eigenvalue weighted by Crippen LogP contribution is -3.00. The van der Waals surface area contributed by atoms with Crippen LogP contribution in [0.1, 0.15) is 30.9 Å². The first-order chi connectivity index (χ1) is 8.31. The van der Waals surface area contributed by atoms with Crippen molar-refractivity contribution in [3.05, 3.63) is 35.4 Å². The second-order valence-corrected chi connectivity index (χ2v) is 4.98. The van der Waals surface area contributed by atoms with E-state index in [9.17, 15) is 0 Å². The third kappa shape index (κ3) is 5.31. The number of likely N-dealkylation sites (tertiary alicyclic amines) is 1. The molecular weight excluding hydrogens is 279 g/mol. The van der Waals surface area contributed by atoms with Gasteiger partial charge in [-0.25, -0.2) is 0 Å². The molecule has 0 spiro atoms. The molecule has 0 aromatic heterocycles. The molecule has 1 aliphatic rings. The Labute approximate surface area is 129 Å². The van der Waals surface area contributed by atoms with Crippen LogP contribution in [0.5, 0.6) is 0 Å². The van der Waals surface area contributed by atoms with Crippen molar-refractivity contribution < 1.29 is 24.8 Å². The summed E-state index contributed by atoms with van der Waals surface area (Å²) in [7, 11) is 0. The van der Waals surface area contributed by atoms with E-state index in [-0.39, 0.29) is 24.8 Å². The number of benzene rings is 1. The quantitative estimate of drug-likeness (QED) is 0.609. The predicted molar refractivity (Wildman–Crippen MR) is 73.2 cm³/mol. The minimum atomic E-state index is 0. The number of likely N-dealkylation sites (N-methyl/N-ethyl adjacent to an activating group) is 1. The molecule has 0 aliphatic carbocycles. The molecule has 1 N–H and O–H groups in total. The Balaban J connectivity index is 0.00000162. The maximum absolute atomic E-state index is 3.61. The highest BCUT2D eigenvalue weighted by Crippen LogP contribution is 2.15. The molecule has 110 valence electrons. The molecule has 1 saturated heterocycles. The van der Waals surface area contributed by atoms with Gasteiger partial charge in [0.1, 0.15) is 0 Å². The van der Waals surface area contributed by atoms with Crippen LogP contribution in [0.15, 0.2) is 24.3 Å². The van der Waals surface area contributed by atoms with Crippen molar-refractivity contribution in [2.45, 2.75) is 39.3 Å². The Bertz CT molecular complexity index is 358. The molecule has 1 aliphatic heterocycles. The van der Waals surface area contributed by atoms with Gasteiger partial charge in [-0.1, -0.05) is 31.2 Å². The van der Waals surface area contributed by atoms with E-state index in [4.69, 9.17) is 0 Å². The number of nitrogens with zero attached hydrogens (tertiary/aromatic N) is 1. The van der Waals surface area contributed by atoms with Gasteiger partial charge in [0, 0.05) is 19.1 Å². The van der Waals surface area contributed by atoms with E-state index in [0.717, 1.165) is 19.1 Å². The van der Waals surface area contributed by atoms with Gasteiger partial charge in [-0.3, -0.25) is 4.90 Å². The van der Waals surface area contributed by atoms with Crippen molar-refractivity contribution in [2.24, 2.45) is 0 Å². The second kappa shape index (κ2) is 9.60. The highest BCUT2D eigenvalue weighted by molar-refractivity contribution is 5.25. The van der Waals surface area contributed by atoms with Crippen molar-refractivity contribution in [1.82, 2.24) is 10.2 Å². The van der Waals surface area contributed by atoms with Crippen LogP contribution < -0.4 is 30.1 Å². The molecule has 1 fully saturated rings. The van der Waals surface area contributed by atoms with Gasteiger partial charge in [0.2, 0.25) is 0 Å². The molecule has 0 radical (unpaired) electrons. The fourth-order valence-corrected chi connectivity index (χ4v) is 2.72. The Morgan fingerprint density at radius 3 is 2.68 bits per heavy atom. The summed E-state index contributed by atoms with van der Waals surface area (Å²) in [6, 6.07) is 9.38. The number of aryl methyl sites for hydroxylation is 1. The first kappa shape index (κ1) is 18.7. The predicted octanol–water partition coefficient (Wildman–Crippen LogP) is -3.42. The molecule has 19 heavy (non-hydrogen) atoms. The van der Waals surface area contributed by atoms with E-state index in [0.29, 0.717) is 0 Å². The van der Waals surface area contributed by atoms with Crippen LogP contribution in [0.4, 0.5) is 0 Å². The van der Waals surface area contributed by atoms with Crippen LogP contribution in [0, 0.1) is 6.92 Å². The summed E-state index contributed by atoms with van der Waals surface area (Å²) in [6.07, 6.45) is 2.72. The van der Waals surface area contributed by atoms with E-state index in [1.165, 1.54) is 37.1 Å². The van der Waals surface area contributed by atoms with E-state index in [1.807, 2.05) is 0 Å². The Morgan fingerprint density at radius 1 is 1.26 bits per heavy atom. The van der Waals surface area contributed by atoms with Crippen molar-refractivity contribution in [2.75, 3.05) is 19.6 Å². The minimum absolute atomic E-state index is 0. The zero-order chi connectivity index (χ0) is 12.1. The Hall–Kier alpha value is -0.280. The number of halogens is 2. The normalized spacial score (nSPS) is 18.7. The van der Waals surface area contributed by atoms with Gasteiger partial charge < -0.3 is 30.1 Å². The standard InChI is InChI=1S/C15H24N2.2ClH/c1-3-17-10-6-9-15(17)12-16-11-14-8-5-4-7-13(14)2;;/h4-5,7-8,15-16H,3,6,9-12H2,1-2H3;2*1H/p-2. The average Bonchev–Trinajstić information content (AvgIpc) is 2.79. The average molecular weight is 303 g/mol. The molecule has 1 atom stereocenters. The van der Waals surface area contributed by atoms with Crippen molar-refractivity contribution >= 4 is 0 Å². The first-order valence-corrected chi connectivity index (χ1v) is 6.80. The van der Waals surface area contributed by atoms with Gasteiger partial charge in [-0.05, 0) is 44.0 Å². The maximum Gasteiger partial charge on any atom is 0.0221 e. The molecule has 4 heteroatoms. The van der Waals surface area contributed by atoms with Crippen LogP contribution in [-0.4, -0.2) is 30.6 Å². The third-order valence-corrected chi connectivity index (χ3v) is 3.86.